The van der Waals surface area contributed by atoms with Crippen LogP contribution >= 0.6 is 7.82 Å². The first-order chi connectivity index (χ1) is 24.4. The first kappa shape index (κ1) is 49.0. The summed E-state index contributed by atoms with van der Waals surface area (Å²) >= 11 is 0. The van der Waals surface area contributed by atoms with Crippen molar-refractivity contribution in [3.63, 3.8) is 0 Å². The molecule has 1 amide bonds. The zero-order valence-electron chi connectivity index (χ0n) is 32.6. The van der Waals surface area contributed by atoms with Crippen LogP contribution in [0.25, 0.3) is 0 Å². The number of nitrogens with one attached hydrogen (secondary N) is 1. The van der Waals surface area contributed by atoms with E-state index in [1.165, 1.54) is 109 Å². The minimum Gasteiger partial charge on any atom is -0.391 e. The van der Waals surface area contributed by atoms with E-state index < -0.39 is 20.0 Å². The molecule has 0 radical (unpaired) electrons. The van der Waals surface area contributed by atoms with Gasteiger partial charge in [-0.05, 0) is 44.9 Å². The second-order valence-electron chi connectivity index (χ2n) is 14.2. The van der Waals surface area contributed by atoms with Crippen LogP contribution in [0.3, 0.4) is 0 Å². The molecular weight excluding hydrogens is 647 g/mol. The lowest BCUT2D eigenvalue weighted by atomic mass is 10.0. The van der Waals surface area contributed by atoms with Crippen molar-refractivity contribution in [2.24, 2.45) is 5.73 Å². The van der Waals surface area contributed by atoms with Gasteiger partial charge >= 0.3 is 7.82 Å². The van der Waals surface area contributed by atoms with E-state index >= 15 is 0 Å². The lowest BCUT2D eigenvalue weighted by molar-refractivity contribution is -0.123. The fourth-order valence-corrected chi connectivity index (χ4v) is 6.87. The number of unbranched alkanes of at least 4 members (excludes halogenated alkanes) is 23. The first-order valence-electron chi connectivity index (χ1n) is 21.0. The lowest BCUT2D eigenvalue weighted by Crippen LogP contribution is -2.46. The summed E-state index contributed by atoms with van der Waals surface area (Å²) in [5.41, 5.74) is 5.37. The quantitative estimate of drug-likeness (QED) is 0.0281. The van der Waals surface area contributed by atoms with Gasteiger partial charge in [0.15, 0.2) is 0 Å². The van der Waals surface area contributed by atoms with Gasteiger partial charge in [-0.1, -0.05) is 173 Å². The summed E-state index contributed by atoms with van der Waals surface area (Å²) < 4.78 is 22.1. The Labute approximate surface area is 308 Å². The number of rotatable bonds is 39. The molecule has 0 saturated heterocycles. The van der Waals surface area contributed by atoms with Gasteiger partial charge in [-0.25, -0.2) is 4.57 Å². The molecule has 0 aromatic carbocycles. The number of nitrogens with two attached hydrogens (primary N) is 1. The zero-order valence-corrected chi connectivity index (χ0v) is 33.5. The molecule has 0 aromatic rings. The molecule has 0 aromatic heterocycles. The van der Waals surface area contributed by atoms with Crippen LogP contribution in [-0.4, -0.2) is 47.8 Å². The topological polar surface area (TPSA) is 131 Å². The maximum Gasteiger partial charge on any atom is 0.472 e. The second kappa shape index (κ2) is 37.7. The molecule has 296 valence electrons. The number of aliphatic hydroxyl groups is 1. The Morgan fingerprint density at radius 2 is 1.10 bits per heavy atom. The molecule has 0 spiro atoms. The molecule has 0 bridgehead atoms. The molecule has 0 aliphatic rings. The van der Waals surface area contributed by atoms with E-state index in [2.05, 4.69) is 43.5 Å². The standard InChI is InChI=1S/C41H81N2O6P/c1-3-5-7-9-11-13-15-17-19-21-23-25-27-29-31-33-35-41(45)43-39(38-49-50(46,47)48-37-36-42)40(44)34-32-30-28-26-24-22-20-18-16-14-12-10-8-6-4-2/h13,15,19,21,39-40,44H,3-12,14,16-18,20,22-38,42H2,1-2H3,(H,43,45)(H,46,47)/b15-13-,21-19-. The lowest BCUT2D eigenvalue weighted by Gasteiger charge is -2.25. The number of phosphoric ester groups is 1. The van der Waals surface area contributed by atoms with Gasteiger partial charge in [0.2, 0.25) is 5.91 Å². The van der Waals surface area contributed by atoms with Gasteiger partial charge in [-0.2, -0.15) is 0 Å². The normalized spacial score (nSPS) is 14.4. The summed E-state index contributed by atoms with van der Waals surface area (Å²) in [7, 11) is -4.31. The van der Waals surface area contributed by atoms with Crippen LogP contribution in [0.15, 0.2) is 24.3 Å². The summed E-state index contributed by atoms with van der Waals surface area (Å²) in [5.74, 6) is -0.175. The molecule has 9 heteroatoms. The van der Waals surface area contributed by atoms with Crippen LogP contribution < -0.4 is 11.1 Å². The molecule has 0 aliphatic carbocycles. The molecule has 0 saturated carbocycles. The molecule has 0 aliphatic heterocycles. The second-order valence-corrected chi connectivity index (χ2v) is 15.7. The van der Waals surface area contributed by atoms with Crippen molar-refractivity contribution < 1.29 is 28.4 Å². The number of allylic oxidation sites excluding steroid dienone is 4. The van der Waals surface area contributed by atoms with Crippen LogP contribution in [-0.2, 0) is 18.4 Å². The van der Waals surface area contributed by atoms with Crippen LogP contribution in [0.2, 0.25) is 0 Å². The molecule has 0 heterocycles. The number of hydrogen-bond donors (Lipinski definition) is 4. The summed E-state index contributed by atoms with van der Waals surface area (Å²) in [6.45, 7) is 4.18. The van der Waals surface area contributed by atoms with E-state index in [1.54, 1.807) is 0 Å². The minimum atomic E-state index is -4.31. The van der Waals surface area contributed by atoms with Crippen LogP contribution in [0, 0.1) is 0 Å². The van der Waals surface area contributed by atoms with Crippen LogP contribution in [0.4, 0.5) is 0 Å². The SMILES string of the molecule is CCCCCC/C=C\C/C=C\CCCCCCCC(=O)NC(COP(=O)(O)OCCN)C(O)CCCCCCCCCCCCCCCCC. The number of carbonyl (C=O) groups excluding carboxylic acids is 1. The highest BCUT2D eigenvalue weighted by Crippen LogP contribution is 2.43. The molecule has 8 nitrogen and oxygen atoms in total. The number of amides is 1. The Morgan fingerprint density at radius 3 is 1.60 bits per heavy atom. The number of hydrogen-bond acceptors (Lipinski definition) is 6. The largest absolute Gasteiger partial charge is 0.472 e. The zero-order chi connectivity index (χ0) is 36.8. The fourth-order valence-electron chi connectivity index (χ4n) is 6.11. The fraction of sp³-hybridized carbons (Fsp3) is 0.878. The van der Waals surface area contributed by atoms with Gasteiger partial charge in [-0.3, -0.25) is 13.8 Å². The third-order valence-electron chi connectivity index (χ3n) is 9.31. The van der Waals surface area contributed by atoms with Gasteiger partial charge in [-0.15, -0.1) is 0 Å². The van der Waals surface area contributed by atoms with Crippen molar-refractivity contribution in [3.05, 3.63) is 24.3 Å². The van der Waals surface area contributed by atoms with Crippen molar-refractivity contribution in [2.75, 3.05) is 19.8 Å². The van der Waals surface area contributed by atoms with Crippen LogP contribution in [0.5, 0.6) is 0 Å². The van der Waals surface area contributed by atoms with Crippen molar-refractivity contribution >= 4 is 13.7 Å². The summed E-state index contributed by atoms with van der Waals surface area (Å²) in [4.78, 5) is 22.7. The van der Waals surface area contributed by atoms with E-state index in [0.717, 1.165) is 64.2 Å². The Bertz CT molecular complexity index is 840. The Hall–Kier alpha value is -1.02. The van der Waals surface area contributed by atoms with E-state index in [0.29, 0.717) is 12.8 Å². The minimum absolute atomic E-state index is 0.0868. The van der Waals surface area contributed by atoms with Crippen molar-refractivity contribution in [2.45, 2.75) is 212 Å². The van der Waals surface area contributed by atoms with Gasteiger partial charge in [0.05, 0.1) is 25.4 Å². The highest BCUT2D eigenvalue weighted by Gasteiger charge is 2.27. The highest BCUT2D eigenvalue weighted by atomic mass is 31.2. The monoisotopic (exact) mass is 729 g/mol. The molecule has 50 heavy (non-hydrogen) atoms. The molecule has 3 atom stereocenters. The van der Waals surface area contributed by atoms with Gasteiger partial charge < -0.3 is 21.1 Å². The van der Waals surface area contributed by atoms with Crippen molar-refractivity contribution in [1.29, 1.82) is 0 Å². The average molecular weight is 729 g/mol. The van der Waals surface area contributed by atoms with Crippen LogP contribution in [0.1, 0.15) is 200 Å². The molecule has 3 unspecified atom stereocenters. The maximum atomic E-state index is 12.7. The number of carbonyl (C=O) groups is 1. The predicted octanol–water partition coefficient (Wildman–Crippen LogP) is 11.4. The Kier molecular flexibility index (Phi) is 37.0. The third-order valence-corrected chi connectivity index (χ3v) is 10.3. The molecule has 0 fully saturated rings. The Balaban J connectivity index is 4.21. The predicted molar refractivity (Wildman–Crippen MR) is 212 cm³/mol. The van der Waals surface area contributed by atoms with Gasteiger partial charge in [0.1, 0.15) is 0 Å². The van der Waals surface area contributed by atoms with E-state index in [1.807, 2.05) is 0 Å². The molecule has 0 rings (SSSR count). The van der Waals surface area contributed by atoms with Gasteiger partial charge in [0, 0.05) is 13.0 Å². The third kappa shape index (κ3) is 35.4. The molecule has 5 N–H and O–H groups in total. The smallest absolute Gasteiger partial charge is 0.391 e. The maximum absolute atomic E-state index is 12.7. The summed E-state index contributed by atoms with van der Waals surface area (Å²) in [6, 6.07) is -0.779. The number of phosphoric acid groups is 1. The molecular formula is C41H81N2O6P. The van der Waals surface area contributed by atoms with Crippen molar-refractivity contribution in [3.8, 4) is 0 Å². The van der Waals surface area contributed by atoms with Crippen molar-refractivity contribution in [1.82, 2.24) is 5.32 Å². The van der Waals surface area contributed by atoms with E-state index in [4.69, 9.17) is 14.8 Å². The highest BCUT2D eigenvalue weighted by molar-refractivity contribution is 7.47. The van der Waals surface area contributed by atoms with Gasteiger partial charge in [0.25, 0.3) is 0 Å². The first-order valence-corrected chi connectivity index (χ1v) is 22.4. The van der Waals surface area contributed by atoms with E-state index in [9.17, 15) is 19.4 Å². The summed E-state index contributed by atoms with van der Waals surface area (Å²) in [5, 5.41) is 13.8. The Morgan fingerprint density at radius 1 is 0.660 bits per heavy atom. The summed E-state index contributed by atoms with van der Waals surface area (Å²) in [6.07, 6.45) is 41.8. The average Bonchev–Trinajstić information content (AvgIpc) is 3.10. The van der Waals surface area contributed by atoms with E-state index in [-0.39, 0.29) is 25.7 Å². The number of aliphatic hydroxyl groups excluding tert-OH is 1.